The van der Waals surface area contributed by atoms with E-state index in [2.05, 4.69) is 15.4 Å². The molecule has 1 aliphatic heterocycles. The van der Waals surface area contributed by atoms with Gasteiger partial charge in [-0.1, -0.05) is 18.2 Å². The average molecular weight is 284 g/mol. The number of benzene rings is 1. The summed E-state index contributed by atoms with van der Waals surface area (Å²) in [6, 6.07) is 7.97. The van der Waals surface area contributed by atoms with Gasteiger partial charge < -0.3 is 15.4 Å². The van der Waals surface area contributed by atoms with Crippen molar-refractivity contribution in [2.75, 3.05) is 25.1 Å². The minimum absolute atomic E-state index is 0.0207. The molecule has 1 aliphatic rings. The van der Waals surface area contributed by atoms with E-state index in [1.807, 2.05) is 24.3 Å². The predicted molar refractivity (Wildman–Crippen MR) is 72.0 cm³/mol. The third-order valence-electron chi connectivity index (χ3n) is 3.11. The van der Waals surface area contributed by atoms with Crippen LogP contribution in [0.25, 0.3) is 0 Å². The molecule has 0 radical (unpaired) electrons. The van der Waals surface area contributed by atoms with Crippen LogP contribution in [0.4, 0.5) is 14.5 Å². The fourth-order valence-electron chi connectivity index (χ4n) is 2.18. The number of rotatable bonds is 6. The molecule has 1 atom stereocenters. The Hall–Kier alpha value is -1.69. The van der Waals surface area contributed by atoms with E-state index in [9.17, 15) is 13.6 Å². The third kappa shape index (κ3) is 4.45. The zero-order chi connectivity index (χ0) is 14.4. The molecule has 0 aliphatic carbocycles. The van der Waals surface area contributed by atoms with Crippen LogP contribution < -0.4 is 10.6 Å². The number of nitrogens with one attached hydrogen (secondary N) is 2. The van der Waals surface area contributed by atoms with Gasteiger partial charge in [0.15, 0.2) is 0 Å². The lowest BCUT2D eigenvalue weighted by Gasteiger charge is -2.26. The van der Waals surface area contributed by atoms with Crippen molar-refractivity contribution in [1.82, 2.24) is 5.32 Å². The summed E-state index contributed by atoms with van der Waals surface area (Å²) in [6.07, 6.45) is -1.62. The highest BCUT2D eigenvalue weighted by molar-refractivity contribution is 5.76. The van der Waals surface area contributed by atoms with Gasteiger partial charge in [-0.2, -0.15) is 0 Å². The highest BCUT2D eigenvalue weighted by Crippen LogP contribution is 2.20. The maximum atomic E-state index is 11.8. The average Bonchev–Trinajstić information content (AvgIpc) is 2.43. The molecule has 6 heteroatoms. The number of amides is 1. The van der Waals surface area contributed by atoms with Crippen molar-refractivity contribution in [2.24, 2.45) is 0 Å². The molecule has 4 nitrogen and oxygen atoms in total. The Morgan fingerprint density at radius 1 is 1.45 bits per heavy atom. The van der Waals surface area contributed by atoms with Crippen molar-refractivity contribution in [3.05, 3.63) is 29.8 Å². The Kier molecular flexibility index (Phi) is 5.29. The summed E-state index contributed by atoms with van der Waals surface area (Å²) in [5.74, 6) is -0.176. The van der Waals surface area contributed by atoms with Crippen LogP contribution in [-0.4, -0.2) is 38.1 Å². The van der Waals surface area contributed by atoms with E-state index in [1.165, 1.54) is 0 Å². The summed E-state index contributed by atoms with van der Waals surface area (Å²) in [7, 11) is 0. The van der Waals surface area contributed by atoms with E-state index in [0.717, 1.165) is 17.7 Å². The van der Waals surface area contributed by atoms with Gasteiger partial charge in [0.25, 0.3) is 6.43 Å². The lowest BCUT2D eigenvalue weighted by Crippen LogP contribution is -2.43. The number of para-hydroxylation sites is 1. The van der Waals surface area contributed by atoms with Gasteiger partial charge in [-0.05, 0) is 18.1 Å². The number of ether oxygens (including phenoxy) is 1. The molecule has 1 unspecified atom stereocenters. The van der Waals surface area contributed by atoms with Gasteiger partial charge in [-0.15, -0.1) is 0 Å². The second-order valence-corrected chi connectivity index (χ2v) is 4.72. The third-order valence-corrected chi connectivity index (χ3v) is 3.11. The highest BCUT2D eigenvalue weighted by atomic mass is 19.3. The second kappa shape index (κ2) is 7.19. The molecule has 0 spiro atoms. The van der Waals surface area contributed by atoms with Crippen LogP contribution in [0.1, 0.15) is 12.0 Å². The molecule has 0 aromatic heterocycles. The summed E-state index contributed by atoms with van der Waals surface area (Å²) in [4.78, 5) is 11.7. The largest absolute Gasteiger partial charge is 0.383 e. The Morgan fingerprint density at radius 3 is 3.05 bits per heavy atom. The molecule has 1 amide bonds. The zero-order valence-corrected chi connectivity index (χ0v) is 11.1. The van der Waals surface area contributed by atoms with Crippen LogP contribution in [0.5, 0.6) is 0 Å². The number of alkyl halides is 2. The molecule has 2 rings (SSSR count). The first-order valence-electron chi connectivity index (χ1n) is 6.62. The summed E-state index contributed by atoms with van der Waals surface area (Å²) in [5, 5.41) is 6.13. The number of anilines is 1. The van der Waals surface area contributed by atoms with E-state index in [0.29, 0.717) is 6.54 Å². The monoisotopic (exact) mass is 284 g/mol. The zero-order valence-electron chi connectivity index (χ0n) is 11.1. The van der Waals surface area contributed by atoms with Gasteiger partial charge in [0.2, 0.25) is 5.91 Å². The molecule has 0 bridgehead atoms. The fraction of sp³-hybridized carbons (Fsp3) is 0.500. The molecule has 0 saturated heterocycles. The molecular formula is C14H18F2N2O2. The van der Waals surface area contributed by atoms with Crippen LogP contribution in [0, 0.1) is 0 Å². The molecule has 1 aromatic carbocycles. The Balaban J connectivity index is 1.71. The van der Waals surface area contributed by atoms with E-state index >= 15 is 0 Å². The van der Waals surface area contributed by atoms with Crippen molar-refractivity contribution in [2.45, 2.75) is 25.3 Å². The minimum atomic E-state index is -2.49. The summed E-state index contributed by atoms with van der Waals surface area (Å²) in [6.45, 7) is 0.0686. The highest BCUT2D eigenvalue weighted by Gasteiger charge is 2.19. The van der Waals surface area contributed by atoms with E-state index < -0.39 is 13.0 Å². The van der Waals surface area contributed by atoms with Gasteiger partial charge >= 0.3 is 0 Å². The maximum Gasteiger partial charge on any atom is 0.261 e. The Labute approximate surface area is 116 Å². The number of carbonyl (C=O) groups is 1. The minimum Gasteiger partial charge on any atom is -0.383 e. The quantitative estimate of drug-likeness (QED) is 0.783. The van der Waals surface area contributed by atoms with Crippen molar-refractivity contribution in [3.8, 4) is 0 Å². The maximum absolute atomic E-state index is 11.8. The second-order valence-electron chi connectivity index (χ2n) is 4.72. The van der Waals surface area contributed by atoms with Crippen molar-refractivity contribution < 1.29 is 18.3 Å². The van der Waals surface area contributed by atoms with E-state index in [1.54, 1.807) is 0 Å². The number of halogens is 2. The van der Waals surface area contributed by atoms with E-state index in [4.69, 9.17) is 0 Å². The lowest BCUT2D eigenvalue weighted by molar-refractivity contribution is -0.123. The van der Waals surface area contributed by atoms with E-state index in [-0.39, 0.29) is 25.0 Å². The number of carbonyl (C=O) groups excluding carboxylic acids is 1. The fourth-order valence-corrected chi connectivity index (χ4v) is 2.18. The summed E-state index contributed by atoms with van der Waals surface area (Å²) < 4.78 is 28.4. The normalized spacial score (nSPS) is 17.4. The molecule has 110 valence electrons. The first kappa shape index (κ1) is 14.7. The predicted octanol–water partition coefficient (Wildman–Crippen LogP) is 1.81. The topological polar surface area (TPSA) is 50.4 Å². The SMILES string of the molecule is O=C(CCOCC(F)F)NC1CNc2ccccc2C1. The molecule has 20 heavy (non-hydrogen) atoms. The lowest BCUT2D eigenvalue weighted by atomic mass is 10.00. The molecule has 1 aromatic rings. The first-order valence-corrected chi connectivity index (χ1v) is 6.62. The van der Waals surface area contributed by atoms with Crippen LogP contribution in [-0.2, 0) is 16.0 Å². The van der Waals surface area contributed by atoms with Gasteiger partial charge in [-0.3, -0.25) is 4.79 Å². The van der Waals surface area contributed by atoms with Crippen LogP contribution in [0.15, 0.2) is 24.3 Å². The van der Waals surface area contributed by atoms with Gasteiger partial charge in [-0.25, -0.2) is 8.78 Å². The molecule has 1 heterocycles. The Morgan fingerprint density at radius 2 is 2.25 bits per heavy atom. The number of hydrogen-bond acceptors (Lipinski definition) is 3. The smallest absolute Gasteiger partial charge is 0.261 e. The van der Waals surface area contributed by atoms with Crippen molar-refractivity contribution in [3.63, 3.8) is 0 Å². The molecular weight excluding hydrogens is 266 g/mol. The van der Waals surface area contributed by atoms with Gasteiger partial charge in [0.05, 0.1) is 12.6 Å². The van der Waals surface area contributed by atoms with Crippen LogP contribution in [0.2, 0.25) is 0 Å². The van der Waals surface area contributed by atoms with Gasteiger partial charge in [0, 0.05) is 18.7 Å². The Bertz CT molecular complexity index is 455. The van der Waals surface area contributed by atoms with Crippen LogP contribution in [0.3, 0.4) is 0 Å². The molecule has 2 N–H and O–H groups in total. The van der Waals surface area contributed by atoms with Crippen molar-refractivity contribution in [1.29, 1.82) is 0 Å². The summed E-state index contributed by atoms with van der Waals surface area (Å²) in [5.41, 5.74) is 2.26. The standard InChI is InChI=1S/C14H18F2N2O2/c15-13(16)9-20-6-5-14(19)18-11-7-10-3-1-2-4-12(10)17-8-11/h1-4,11,13,17H,5-9H2,(H,18,19). The molecule has 0 saturated carbocycles. The van der Waals surface area contributed by atoms with Gasteiger partial charge in [0.1, 0.15) is 6.61 Å². The first-order chi connectivity index (χ1) is 9.65. The number of hydrogen-bond donors (Lipinski definition) is 2. The number of fused-ring (bicyclic) bond motifs is 1. The van der Waals surface area contributed by atoms with Crippen molar-refractivity contribution >= 4 is 11.6 Å². The molecule has 0 fully saturated rings. The van der Waals surface area contributed by atoms with Crippen LogP contribution >= 0.6 is 0 Å². The summed E-state index contributed by atoms with van der Waals surface area (Å²) >= 11 is 0.